The first-order valence-electron chi connectivity index (χ1n) is 7.12. The Labute approximate surface area is 138 Å². The number of aromatic nitrogens is 1. The minimum absolute atomic E-state index is 0.706. The molecular weight excluding hydrogens is 280 g/mol. The van der Waals surface area contributed by atoms with Gasteiger partial charge in [0.15, 0.2) is 0 Å². The van der Waals surface area contributed by atoms with Gasteiger partial charge in [-0.15, -0.1) is 0 Å². The van der Waals surface area contributed by atoms with Gasteiger partial charge in [-0.1, -0.05) is 82.0 Å². The highest BCUT2D eigenvalue weighted by Crippen LogP contribution is 2.22. The van der Waals surface area contributed by atoms with E-state index in [0.717, 1.165) is 22.4 Å². The summed E-state index contributed by atoms with van der Waals surface area (Å²) in [6.45, 7) is 22.9. The summed E-state index contributed by atoms with van der Waals surface area (Å²) >= 11 is 0. The van der Waals surface area contributed by atoms with E-state index in [2.05, 4.69) is 44.5 Å². The molecule has 1 aromatic heterocycles. The van der Waals surface area contributed by atoms with Crippen LogP contribution in [0.5, 0.6) is 0 Å². The summed E-state index contributed by atoms with van der Waals surface area (Å²) in [6.07, 6.45) is 17.8. The van der Waals surface area contributed by atoms with E-state index in [1.165, 1.54) is 6.20 Å². The summed E-state index contributed by atoms with van der Waals surface area (Å²) < 4.78 is 1.88. The van der Waals surface area contributed by atoms with Crippen LogP contribution in [0.1, 0.15) is 22.4 Å². The van der Waals surface area contributed by atoms with Crippen LogP contribution >= 0.6 is 0 Å². The highest BCUT2D eigenvalue weighted by Gasteiger charge is 2.13. The molecule has 0 aliphatic rings. The minimum Gasteiger partial charge on any atom is -0.301 e. The zero-order valence-corrected chi connectivity index (χ0v) is 13.4. The van der Waals surface area contributed by atoms with E-state index in [4.69, 9.17) is 0 Å². The quantitative estimate of drug-likeness (QED) is 0.578. The summed E-state index contributed by atoms with van der Waals surface area (Å²) in [5.74, 6) is 0. The lowest BCUT2D eigenvalue weighted by molar-refractivity contribution is 0.980. The van der Waals surface area contributed by atoms with Crippen molar-refractivity contribution in [2.75, 3.05) is 0 Å². The fourth-order valence-electron chi connectivity index (χ4n) is 2.27. The van der Waals surface area contributed by atoms with Crippen LogP contribution in [0.2, 0.25) is 0 Å². The lowest BCUT2D eigenvalue weighted by atomic mass is 9.99. The summed E-state index contributed by atoms with van der Waals surface area (Å²) in [6, 6.07) is 0. The summed E-state index contributed by atoms with van der Waals surface area (Å²) in [7, 11) is 0. The average Bonchev–Trinajstić information content (AvgIpc) is 2.57. The van der Waals surface area contributed by atoms with Crippen molar-refractivity contribution in [1.29, 1.82) is 0 Å². The maximum absolute atomic E-state index is 4.41. The number of nitrogens with zero attached hydrogens (tertiary/aromatic N) is 2. The second-order valence-electron chi connectivity index (χ2n) is 4.41. The Hall–Kier alpha value is -3.13. The van der Waals surface area contributed by atoms with Crippen molar-refractivity contribution in [3.8, 4) is 0 Å². The molecule has 0 fully saturated rings. The van der Waals surface area contributed by atoms with Crippen molar-refractivity contribution >= 4 is 30.5 Å². The molecule has 0 N–H and O–H groups in total. The Bertz CT molecular complexity index is 781. The molecule has 0 unspecified atom stereocenters. The third-order valence-electron chi connectivity index (χ3n) is 3.18. The van der Waals surface area contributed by atoms with Crippen molar-refractivity contribution in [2.45, 2.75) is 0 Å². The van der Waals surface area contributed by atoms with Gasteiger partial charge in [0.25, 0.3) is 0 Å². The van der Waals surface area contributed by atoms with Crippen LogP contribution in [0.4, 0.5) is 0 Å². The van der Waals surface area contributed by atoms with Crippen LogP contribution in [0, 0.1) is 0 Å². The predicted octanol–water partition coefficient (Wildman–Crippen LogP) is 5.32. The Morgan fingerprint density at radius 3 is 1.83 bits per heavy atom. The Morgan fingerprint density at radius 1 is 0.739 bits per heavy atom. The molecule has 0 atom stereocenters. The molecule has 0 amide bonds. The van der Waals surface area contributed by atoms with Gasteiger partial charge in [0.05, 0.1) is 5.69 Å². The first-order valence-corrected chi connectivity index (χ1v) is 7.12. The SMILES string of the molecule is C=C/C=C\c1c(C=C)c(C=C)c(/C=C\C=C)n(C=C)c1=NC=C. The number of hydrogen-bond acceptors (Lipinski definition) is 1. The molecule has 116 valence electrons. The molecule has 0 aromatic carbocycles. The molecule has 0 spiro atoms. The van der Waals surface area contributed by atoms with Gasteiger partial charge in [0.2, 0.25) is 0 Å². The van der Waals surface area contributed by atoms with Crippen molar-refractivity contribution in [3.05, 3.63) is 97.8 Å². The zero-order chi connectivity index (χ0) is 17.2. The molecule has 1 rings (SSSR count). The van der Waals surface area contributed by atoms with E-state index in [1.54, 1.807) is 30.5 Å². The molecular formula is C21H22N2. The van der Waals surface area contributed by atoms with Gasteiger partial charge in [0, 0.05) is 23.5 Å². The summed E-state index contributed by atoms with van der Waals surface area (Å²) in [4.78, 5) is 4.41. The standard InChI is InChI=1S/C21H22N2/c1-7-13-15-19-17(9-3)18(10-4)20(16-14-8-2)23(12-6)21(19)22-11-5/h7-16H,1-6H2/b15-13-,16-14-,22-21?. The molecule has 0 saturated carbocycles. The van der Waals surface area contributed by atoms with Gasteiger partial charge in [-0.2, -0.15) is 0 Å². The smallest absolute Gasteiger partial charge is 0.144 e. The fraction of sp³-hybridized carbons (Fsp3) is 0. The lowest BCUT2D eigenvalue weighted by Crippen LogP contribution is -2.24. The molecule has 1 heterocycles. The Balaban J connectivity index is 4.18. The second-order valence-corrected chi connectivity index (χ2v) is 4.41. The molecule has 0 aliphatic carbocycles. The van der Waals surface area contributed by atoms with E-state index < -0.39 is 0 Å². The van der Waals surface area contributed by atoms with Crippen molar-refractivity contribution in [2.24, 2.45) is 4.99 Å². The molecule has 0 aliphatic heterocycles. The van der Waals surface area contributed by atoms with Gasteiger partial charge < -0.3 is 4.57 Å². The first-order chi connectivity index (χ1) is 11.2. The highest BCUT2D eigenvalue weighted by atomic mass is 15.0. The van der Waals surface area contributed by atoms with Crippen LogP contribution < -0.4 is 5.49 Å². The van der Waals surface area contributed by atoms with Crippen molar-refractivity contribution in [1.82, 2.24) is 4.57 Å². The summed E-state index contributed by atoms with van der Waals surface area (Å²) in [5, 5.41) is 0. The van der Waals surface area contributed by atoms with Crippen LogP contribution in [0.3, 0.4) is 0 Å². The van der Waals surface area contributed by atoms with Crippen LogP contribution in [-0.4, -0.2) is 4.57 Å². The fourth-order valence-corrected chi connectivity index (χ4v) is 2.27. The van der Waals surface area contributed by atoms with Gasteiger partial charge in [-0.05, 0) is 11.6 Å². The lowest BCUT2D eigenvalue weighted by Gasteiger charge is -2.17. The van der Waals surface area contributed by atoms with Gasteiger partial charge in [-0.3, -0.25) is 0 Å². The van der Waals surface area contributed by atoms with E-state index in [1.807, 2.05) is 28.9 Å². The highest BCUT2D eigenvalue weighted by molar-refractivity contribution is 5.78. The van der Waals surface area contributed by atoms with E-state index in [-0.39, 0.29) is 0 Å². The molecule has 0 saturated heterocycles. The number of rotatable bonds is 8. The molecule has 1 aromatic rings. The van der Waals surface area contributed by atoms with E-state index in [0.29, 0.717) is 5.49 Å². The summed E-state index contributed by atoms with van der Waals surface area (Å²) in [5.41, 5.74) is 4.36. The van der Waals surface area contributed by atoms with Crippen LogP contribution in [0.25, 0.3) is 30.5 Å². The number of allylic oxidation sites excluding steroid dienone is 4. The molecule has 2 nitrogen and oxygen atoms in total. The van der Waals surface area contributed by atoms with Crippen LogP contribution in [-0.2, 0) is 0 Å². The van der Waals surface area contributed by atoms with Gasteiger partial charge >= 0.3 is 0 Å². The number of pyridine rings is 1. The molecule has 23 heavy (non-hydrogen) atoms. The molecule has 2 heteroatoms. The zero-order valence-electron chi connectivity index (χ0n) is 13.4. The predicted molar refractivity (Wildman–Crippen MR) is 105 cm³/mol. The van der Waals surface area contributed by atoms with Crippen molar-refractivity contribution in [3.63, 3.8) is 0 Å². The van der Waals surface area contributed by atoms with Crippen LogP contribution in [0.15, 0.2) is 75.0 Å². The molecule has 0 bridgehead atoms. The van der Waals surface area contributed by atoms with E-state index >= 15 is 0 Å². The monoisotopic (exact) mass is 302 g/mol. The van der Waals surface area contributed by atoms with Crippen molar-refractivity contribution < 1.29 is 0 Å². The normalized spacial score (nSPS) is 11.6. The maximum atomic E-state index is 4.41. The molecule has 0 radical (unpaired) electrons. The third-order valence-corrected chi connectivity index (χ3v) is 3.18. The van der Waals surface area contributed by atoms with Gasteiger partial charge in [-0.25, -0.2) is 4.99 Å². The Morgan fingerprint density at radius 2 is 1.35 bits per heavy atom. The number of hydrogen-bond donors (Lipinski definition) is 0. The topological polar surface area (TPSA) is 17.3 Å². The van der Waals surface area contributed by atoms with Gasteiger partial charge in [0.1, 0.15) is 5.49 Å². The minimum atomic E-state index is 0.706. The Kier molecular flexibility index (Phi) is 7.02. The largest absolute Gasteiger partial charge is 0.301 e. The maximum Gasteiger partial charge on any atom is 0.144 e. The second kappa shape index (κ2) is 9.00. The first kappa shape index (κ1) is 17.9. The van der Waals surface area contributed by atoms with E-state index in [9.17, 15) is 0 Å². The average molecular weight is 302 g/mol. The third kappa shape index (κ3) is 3.74.